The summed E-state index contributed by atoms with van der Waals surface area (Å²) in [5.74, 6) is -1.42. The Morgan fingerprint density at radius 2 is 2.16 bits per heavy atom. The molecule has 1 amide bonds. The molecule has 1 aromatic carbocycles. The molecule has 3 nitrogen and oxygen atoms in total. The van der Waals surface area contributed by atoms with Crippen LogP contribution in [0.25, 0.3) is 0 Å². The molecule has 2 unspecified atom stereocenters. The van der Waals surface area contributed by atoms with Crippen molar-refractivity contribution >= 4 is 5.91 Å². The van der Waals surface area contributed by atoms with Crippen LogP contribution in [0.4, 0.5) is 8.78 Å². The lowest BCUT2D eigenvalue weighted by Gasteiger charge is -2.04. The van der Waals surface area contributed by atoms with Crippen LogP contribution in [0.1, 0.15) is 28.4 Å². The maximum Gasteiger partial charge on any atom is 0.267 e. The Hall–Kier alpha value is -2.17. The van der Waals surface area contributed by atoms with Crippen LogP contribution in [0.2, 0.25) is 0 Å². The van der Waals surface area contributed by atoms with Gasteiger partial charge in [-0.1, -0.05) is 6.07 Å². The normalized spacial score (nSPS) is 21.2. The smallest absolute Gasteiger partial charge is 0.267 e. The van der Waals surface area contributed by atoms with Crippen molar-refractivity contribution in [1.82, 2.24) is 10.3 Å². The second-order valence-corrected chi connectivity index (χ2v) is 4.67. The molecule has 0 saturated heterocycles. The zero-order chi connectivity index (χ0) is 13.4. The summed E-state index contributed by atoms with van der Waals surface area (Å²) in [6.45, 7) is 0. The van der Waals surface area contributed by atoms with Gasteiger partial charge in [-0.2, -0.15) is 0 Å². The Morgan fingerprint density at radius 1 is 1.32 bits per heavy atom. The van der Waals surface area contributed by atoms with E-state index in [2.05, 4.69) is 10.3 Å². The molecule has 2 N–H and O–H groups in total. The fraction of sp³-hybridized carbons (Fsp3) is 0.214. The van der Waals surface area contributed by atoms with Crippen LogP contribution in [0.3, 0.4) is 0 Å². The molecule has 1 fully saturated rings. The number of benzene rings is 1. The summed E-state index contributed by atoms with van der Waals surface area (Å²) in [5, 5.41) is 2.82. The number of hydrogen-bond donors (Lipinski definition) is 2. The Balaban J connectivity index is 1.66. The Labute approximate surface area is 108 Å². The van der Waals surface area contributed by atoms with Crippen LogP contribution in [-0.4, -0.2) is 16.9 Å². The van der Waals surface area contributed by atoms with Crippen LogP contribution >= 0.6 is 0 Å². The standard InChI is InChI=1S/C14H12F2N2O/c15-8-3-4-9(11(16)6-8)10-7-13(10)18-14(19)12-2-1-5-17-12/h1-6,10,13,17H,7H2,(H,18,19). The minimum atomic E-state index is -0.589. The molecule has 19 heavy (non-hydrogen) atoms. The number of aromatic nitrogens is 1. The van der Waals surface area contributed by atoms with Gasteiger partial charge in [0, 0.05) is 24.2 Å². The first-order valence-corrected chi connectivity index (χ1v) is 6.04. The maximum absolute atomic E-state index is 13.6. The third-order valence-corrected chi connectivity index (χ3v) is 3.31. The van der Waals surface area contributed by atoms with Crippen molar-refractivity contribution in [3.8, 4) is 0 Å². The highest BCUT2D eigenvalue weighted by atomic mass is 19.1. The fourth-order valence-electron chi connectivity index (χ4n) is 2.22. The molecule has 5 heteroatoms. The van der Waals surface area contributed by atoms with Crippen molar-refractivity contribution in [2.75, 3.05) is 0 Å². The van der Waals surface area contributed by atoms with Gasteiger partial charge in [-0.15, -0.1) is 0 Å². The first-order chi connectivity index (χ1) is 9.15. The predicted molar refractivity (Wildman–Crippen MR) is 65.8 cm³/mol. The van der Waals surface area contributed by atoms with Crippen molar-refractivity contribution in [2.45, 2.75) is 18.4 Å². The number of hydrogen-bond acceptors (Lipinski definition) is 1. The third kappa shape index (κ3) is 2.36. The summed E-state index contributed by atoms with van der Waals surface area (Å²) >= 11 is 0. The number of halogens is 2. The maximum atomic E-state index is 13.6. The lowest BCUT2D eigenvalue weighted by molar-refractivity contribution is 0.0946. The Kier molecular flexibility index (Phi) is 2.81. The molecule has 2 atom stereocenters. The third-order valence-electron chi connectivity index (χ3n) is 3.31. The average molecular weight is 262 g/mol. The van der Waals surface area contributed by atoms with Gasteiger partial charge in [0.2, 0.25) is 0 Å². The second-order valence-electron chi connectivity index (χ2n) is 4.67. The van der Waals surface area contributed by atoms with Gasteiger partial charge in [-0.05, 0) is 30.2 Å². The van der Waals surface area contributed by atoms with Crippen LogP contribution in [0, 0.1) is 11.6 Å². The van der Waals surface area contributed by atoms with E-state index in [0.717, 1.165) is 6.07 Å². The lowest BCUT2D eigenvalue weighted by atomic mass is 10.1. The van der Waals surface area contributed by atoms with E-state index in [1.165, 1.54) is 12.1 Å². The van der Waals surface area contributed by atoms with E-state index in [1.807, 2.05) is 0 Å². The highest BCUT2D eigenvalue weighted by molar-refractivity contribution is 5.92. The summed E-state index contributed by atoms with van der Waals surface area (Å²) in [4.78, 5) is 14.6. The van der Waals surface area contributed by atoms with Gasteiger partial charge in [0.15, 0.2) is 0 Å². The van der Waals surface area contributed by atoms with Gasteiger partial charge in [-0.3, -0.25) is 4.79 Å². The van der Waals surface area contributed by atoms with Gasteiger partial charge >= 0.3 is 0 Å². The van der Waals surface area contributed by atoms with Crippen molar-refractivity contribution in [3.05, 3.63) is 59.4 Å². The van der Waals surface area contributed by atoms with E-state index in [4.69, 9.17) is 0 Å². The van der Waals surface area contributed by atoms with Crippen molar-refractivity contribution in [3.63, 3.8) is 0 Å². The molecule has 0 spiro atoms. The van der Waals surface area contributed by atoms with E-state index < -0.39 is 11.6 Å². The first-order valence-electron chi connectivity index (χ1n) is 6.04. The zero-order valence-corrected chi connectivity index (χ0v) is 9.99. The van der Waals surface area contributed by atoms with E-state index in [0.29, 0.717) is 17.7 Å². The number of carbonyl (C=O) groups excluding carboxylic acids is 1. The van der Waals surface area contributed by atoms with Gasteiger partial charge < -0.3 is 10.3 Å². The van der Waals surface area contributed by atoms with Crippen LogP contribution in [0.5, 0.6) is 0 Å². The summed E-state index contributed by atoms with van der Waals surface area (Å²) in [6.07, 6.45) is 2.34. The highest BCUT2D eigenvalue weighted by Crippen LogP contribution is 2.42. The van der Waals surface area contributed by atoms with Crippen molar-refractivity contribution < 1.29 is 13.6 Å². The summed E-state index contributed by atoms with van der Waals surface area (Å²) in [5.41, 5.74) is 0.934. The summed E-state index contributed by atoms with van der Waals surface area (Å²) in [7, 11) is 0. The molecule has 1 heterocycles. The second kappa shape index (κ2) is 4.50. The van der Waals surface area contributed by atoms with Crippen LogP contribution in [-0.2, 0) is 0 Å². The molecule has 0 radical (unpaired) electrons. The molecule has 1 saturated carbocycles. The molecular weight excluding hydrogens is 250 g/mol. The number of amides is 1. The van der Waals surface area contributed by atoms with Gasteiger partial charge in [0.05, 0.1) is 0 Å². The average Bonchev–Trinajstić information content (AvgIpc) is 2.92. The van der Waals surface area contributed by atoms with E-state index in [1.54, 1.807) is 18.3 Å². The van der Waals surface area contributed by atoms with Crippen molar-refractivity contribution in [1.29, 1.82) is 0 Å². The van der Waals surface area contributed by atoms with Crippen LogP contribution < -0.4 is 5.32 Å². The molecule has 1 aromatic heterocycles. The van der Waals surface area contributed by atoms with Gasteiger partial charge in [-0.25, -0.2) is 8.78 Å². The highest BCUT2D eigenvalue weighted by Gasteiger charge is 2.41. The molecular formula is C14H12F2N2O. The summed E-state index contributed by atoms with van der Waals surface area (Å²) in [6, 6.07) is 6.87. The number of H-pyrrole nitrogens is 1. The summed E-state index contributed by atoms with van der Waals surface area (Å²) < 4.78 is 26.4. The number of aromatic amines is 1. The number of nitrogens with one attached hydrogen (secondary N) is 2. The monoisotopic (exact) mass is 262 g/mol. The lowest BCUT2D eigenvalue weighted by Crippen LogP contribution is -2.26. The first kappa shape index (κ1) is 11.9. The number of rotatable bonds is 3. The van der Waals surface area contributed by atoms with Crippen LogP contribution in [0.15, 0.2) is 36.5 Å². The Morgan fingerprint density at radius 3 is 2.84 bits per heavy atom. The van der Waals surface area contributed by atoms with Crippen molar-refractivity contribution in [2.24, 2.45) is 0 Å². The minimum Gasteiger partial charge on any atom is -0.357 e. The molecule has 98 valence electrons. The van der Waals surface area contributed by atoms with Gasteiger partial charge in [0.25, 0.3) is 5.91 Å². The Bertz CT molecular complexity index is 610. The van der Waals surface area contributed by atoms with Gasteiger partial charge in [0.1, 0.15) is 17.3 Å². The predicted octanol–water partition coefficient (Wildman–Crippen LogP) is 2.58. The number of carbonyl (C=O) groups is 1. The zero-order valence-electron chi connectivity index (χ0n) is 9.99. The fourth-order valence-corrected chi connectivity index (χ4v) is 2.22. The molecule has 1 aliphatic carbocycles. The topological polar surface area (TPSA) is 44.9 Å². The molecule has 0 bridgehead atoms. The van der Waals surface area contributed by atoms with E-state index in [-0.39, 0.29) is 17.9 Å². The molecule has 2 aromatic rings. The molecule has 3 rings (SSSR count). The minimum absolute atomic E-state index is 0.0699. The van der Waals surface area contributed by atoms with E-state index in [9.17, 15) is 13.6 Å². The molecule has 0 aliphatic heterocycles. The largest absolute Gasteiger partial charge is 0.357 e. The molecule has 1 aliphatic rings. The quantitative estimate of drug-likeness (QED) is 0.877. The SMILES string of the molecule is O=C(NC1CC1c1ccc(F)cc1F)c1ccc[nH]1. The van der Waals surface area contributed by atoms with E-state index >= 15 is 0 Å².